The topological polar surface area (TPSA) is 0 Å². The van der Waals surface area contributed by atoms with Crippen molar-refractivity contribution in [1.29, 1.82) is 0 Å². The molecule has 0 heterocycles. The molecule has 3 heteroatoms. The minimum absolute atomic E-state index is 0.346. The molecule has 0 saturated heterocycles. The number of alkyl halides is 3. The van der Waals surface area contributed by atoms with Crippen molar-refractivity contribution in [3.8, 4) is 0 Å². The number of benzene rings is 1. The average Bonchev–Trinajstić information content (AvgIpc) is 2.15. The van der Waals surface area contributed by atoms with Gasteiger partial charge in [0.2, 0.25) is 0 Å². The molecule has 1 aromatic carbocycles. The van der Waals surface area contributed by atoms with Crippen molar-refractivity contribution in [2.45, 2.75) is 25.9 Å². The maximum atomic E-state index is 12.5. The standard InChI is InChI=1S/C11H12F3/c1-3-8-5-6-10(11(12,13)14)9(4-2)7-8/h5-7H,1,3-4H2,2H3. The van der Waals surface area contributed by atoms with E-state index >= 15 is 0 Å². The number of hydrogen-bond acceptors (Lipinski definition) is 0. The van der Waals surface area contributed by atoms with Crippen LogP contribution in [0.2, 0.25) is 0 Å². The van der Waals surface area contributed by atoms with Gasteiger partial charge in [-0.3, -0.25) is 0 Å². The summed E-state index contributed by atoms with van der Waals surface area (Å²) in [6, 6.07) is 4.20. The highest BCUT2D eigenvalue weighted by molar-refractivity contribution is 5.34. The van der Waals surface area contributed by atoms with Crippen LogP contribution in [0.25, 0.3) is 0 Å². The second-order valence-corrected chi connectivity index (χ2v) is 3.09. The van der Waals surface area contributed by atoms with Crippen molar-refractivity contribution in [3.63, 3.8) is 0 Å². The van der Waals surface area contributed by atoms with Crippen LogP contribution in [-0.4, -0.2) is 0 Å². The van der Waals surface area contributed by atoms with E-state index in [0.717, 1.165) is 11.6 Å². The van der Waals surface area contributed by atoms with Gasteiger partial charge in [-0.1, -0.05) is 19.1 Å². The normalized spacial score (nSPS) is 11.8. The van der Waals surface area contributed by atoms with Crippen LogP contribution in [-0.2, 0) is 19.0 Å². The largest absolute Gasteiger partial charge is 0.416 e. The molecule has 0 fully saturated rings. The van der Waals surface area contributed by atoms with Crippen molar-refractivity contribution in [2.24, 2.45) is 0 Å². The molecular weight excluding hydrogens is 189 g/mol. The zero-order valence-electron chi connectivity index (χ0n) is 7.99. The molecule has 1 aromatic rings. The predicted molar refractivity (Wildman–Crippen MR) is 49.9 cm³/mol. The van der Waals surface area contributed by atoms with Gasteiger partial charge >= 0.3 is 6.18 Å². The van der Waals surface area contributed by atoms with Crippen LogP contribution in [0.1, 0.15) is 23.6 Å². The number of hydrogen-bond donors (Lipinski definition) is 0. The Hall–Kier alpha value is -0.990. The lowest BCUT2D eigenvalue weighted by Gasteiger charge is -2.12. The Labute approximate surface area is 81.8 Å². The van der Waals surface area contributed by atoms with Crippen LogP contribution in [0.15, 0.2) is 18.2 Å². The van der Waals surface area contributed by atoms with E-state index in [9.17, 15) is 13.2 Å². The van der Waals surface area contributed by atoms with E-state index in [-0.39, 0.29) is 0 Å². The van der Waals surface area contributed by atoms with Crippen LogP contribution in [0.4, 0.5) is 13.2 Å². The zero-order chi connectivity index (χ0) is 10.8. The lowest BCUT2D eigenvalue weighted by molar-refractivity contribution is -0.138. The molecule has 0 bridgehead atoms. The lowest BCUT2D eigenvalue weighted by atomic mass is 10.0. The summed E-state index contributed by atoms with van der Waals surface area (Å²) in [5.74, 6) is 0. The Kier molecular flexibility index (Phi) is 3.19. The van der Waals surface area contributed by atoms with Gasteiger partial charge in [0.05, 0.1) is 5.56 Å². The summed E-state index contributed by atoms with van der Waals surface area (Å²) in [5.41, 5.74) is 0.658. The molecule has 0 aliphatic heterocycles. The summed E-state index contributed by atoms with van der Waals surface area (Å²) in [7, 11) is 0. The molecule has 1 radical (unpaired) electrons. The van der Waals surface area contributed by atoms with Crippen molar-refractivity contribution in [3.05, 3.63) is 41.8 Å². The van der Waals surface area contributed by atoms with Gasteiger partial charge in [0.1, 0.15) is 0 Å². The summed E-state index contributed by atoms with van der Waals surface area (Å²) in [6.45, 7) is 5.36. The molecule has 0 aliphatic rings. The van der Waals surface area contributed by atoms with Gasteiger partial charge in [0.15, 0.2) is 0 Å². The molecule has 1 rings (SSSR count). The molecule has 77 valence electrons. The number of aryl methyl sites for hydroxylation is 1. The fraction of sp³-hybridized carbons (Fsp3) is 0.364. The first kappa shape index (κ1) is 11.1. The Morgan fingerprint density at radius 3 is 2.36 bits per heavy atom. The molecular formula is C11H12F3. The number of rotatable bonds is 2. The van der Waals surface area contributed by atoms with E-state index in [1.54, 1.807) is 13.0 Å². The fourth-order valence-electron chi connectivity index (χ4n) is 1.37. The summed E-state index contributed by atoms with van der Waals surface area (Å²) in [4.78, 5) is 0. The van der Waals surface area contributed by atoms with Crippen LogP contribution >= 0.6 is 0 Å². The predicted octanol–water partition coefficient (Wildman–Crippen LogP) is 3.64. The Morgan fingerprint density at radius 2 is 1.93 bits per heavy atom. The molecule has 0 aliphatic carbocycles. The Morgan fingerprint density at radius 1 is 1.29 bits per heavy atom. The van der Waals surface area contributed by atoms with E-state index in [1.165, 1.54) is 6.07 Å². The van der Waals surface area contributed by atoms with E-state index in [4.69, 9.17) is 0 Å². The Bertz CT molecular complexity index is 313. The van der Waals surface area contributed by atoms with E-state index in [1.807, 2.05) is 0 Å². The molecule has 0 unspecified atom stereocenters. The Balaban J connectivity index is 3.18. The van der Waals surface area contributed by atoms with Gasteiger partial charge in [0, 0.05) is 0 Å². The highest BCUT2D eigenvalue weighted by Gasteiger charge is 2.32. The van der Waals surface area contributed by atoms with Gasteiger partial charge in [-0.05, 0) is 37.0 Å². The van der Waals surface area contributed by atoms with Gasteiger partial charge in [-0.25, -0.2) is 0 Å². The van der Waals surface area contributed by atoms with Crippen molar-refractivity contribution < 1.29 is 13.2 Å². The van der Waals surface area contributed by atoms with Crippen LogP contribution in [0, 0.1) is 6.92 Å². The first-order valence-electron chi connectivity index (χ1n) is 4.47. The zero-order valence-corrected chi connectivity index (χ0v) is 7.99. The maximum absolute atomic E-state index is 12.5. The monoisotopic (exact) mass is 201 g/mol. The molecule has 0 amide bonds. The van der Waals surface area contributed by atoms with E-state index in [2.05, 4.69) is 6.92 Å². The van der Waals surface area contributed by atoms with Crippen molar-refractivity contribution in [2.75, 3.05) is 0 Å². The molecule has 0 spiro atoms. The smallest absolute Gasteiger partial charge is 0.166 e. The van der Waals surface area contributed by atoms with Crippen molar-refractivity contribution in [1.82, 2.24) is 0 Å². The molecule has 0 N–H and O–H groups in total. The SMILES string of the molecule is [CH2]Cc1ccc(C(F)(F)F)c(CC)c1. The molecule has 14 heavy (non-hydrogen) atoms. The van der Waals surface area contributed by atoms with Crippen LogP contribution in [0.5, 0.6) is 0 Å². The number of halogens is 3. The lowest BCUT2D eigenvalue weighted by Crippen LogP contribution is -2.09. The van der Waals surface area contributed by atoms with E-state index < -0.39 is 11.7 Å². The molecule has 0 saturated carbocycles. The minimum Gasteiger partial charge on any atom is -0.166 e. The average molecular weight is 201 g/mol. The second kappa shape index (κ2) is 4.03. The second-order valence-electron chi connectivity index (χ2n) is 3.09. The first-order chi connectivity index (χ1) is 6.49. The van der Waals surface area contributed by atoms with Gasteiger partial charge < -0.3 is 0 Å². The van der Waals surface area contributed by atoms with Crippen molar-refractivity contribution >= 4 is 0 Å². The molecule has 0 aromatic heterocycles. The highest BCUT2D eigenvalue weighted by atomic mass is 19.4. The summed E-state index contributed by atoms with van der Waals surface area (Å²) < 4.78 is 37.4. The van der Waals surface area contributed by atoms with Crippen LogP contribution in [0.3, 0.4) is 0 Å². The third-order valence-electron chi connectivity index (χ3n) is 2.14. The first-order valence-corrected chi connectivity index (χ1v) is 4.47. The van der Waals surface area contributed by atoms with Gasteiger partial charge in [0.25, 0.3) is 0 Å². The third-order valence-corrected chi connectivity index (χ3v) is 2.14. The fourth-order valence-corrected chi connectivity index (χ4v) is 1.37. The quantitative estimate of drug-likeness (QED) is 0.685. The van der Waals surface area contributed by atoms with Gasteiger partial charge in [-0.15, -0.1) is 0 Å². The van der Waals surface area contributed by atoms with Crippen LogP contribution < -0.4 is 0 Å². The highest BCUT2D eigenvalue weighted by Crippen LogP contribution is 2.32. The minimum atomic E-state index is -4.24. The molecule has 0 nitrogen and oxygen atoms in total. The molecule has 0 atom stereocenters. The summed E-state index contributed by atoms with van der Waals surface area (Å²) in [6.07, 6.45) is -3.33. The maximum Gasteiger partial charge on any atom is 0.416 e. The summed E-state index contributed by atoms with van der Waals surface area (Å²) in [5, 5.41) is 0. The van der Waals surface area contributed by atoms with E-state index in [0.29, 0.717) is 18.4 Å². The summed E-state index contributed by atoms with van der Waals surface area (Å²) >= 11 is 0. The third kappa shape index (κ3) is 2.28. The van der Waals surface area contributed by atoms with Gasteiger partial charge in [-0.2, -0.15) is 13.2 Å².